The third kappa shape index (κ3) is 3.31. The number of hydrogen-bond donors (Lipinski definition) is 2. The van der Waals surface area contributed by atoms with E-state index in [1.54, 1.807) is 4.90 Å². The second-order valence-corrected chi connectivity index (χ2v) is 4.39. The third-order valence-electron chi connectivity index (χ3n) is 2.97. The number of aliphatic carboxylic acids is 1. The Bertz CT molecular complexity index is 298. The number of hydrogen-bond acceptors (Lipinski definition) is 4. The highest BCUT2D eigenvalue weighted by Crippen LogP contribution is 2.18. The maximum atomic E-state index is 11.7. The van der Waals surface area contributed by atoms with Gasteiger partial charge in [0.05, 0.1) is 19.6 Å². The minimum Gasteiger partial charge on any atom is -0.481 e. The van der Waals surface area contributed by atoms with E-state index in [1.165, 1.54) is 0 Å². The van der Waals surface area contributed by atoms with Crippen LogP contribution in [-0.2, 0) is 9.53 Å². The lowest BCUT2D eigenvalue weighted by molar-refractivity contribution is -0.139. The van der Waals surface area contributed by atoms with Gasteiger partial charge in [-0.1, -0.05) is 0 Å². The first-order valence-electron chi connectivity index (χ1n) is 5.75. The maximum absolute atomic E-state index is 11.7. The molecule has 2 rings (SSSR count). The zero-order valence-electron chi connectivity index (χ0n) is 9.59. The second-order valence-electron chi connectivity index (χ2n) is 4.39. The average molecular weight is 243 g/mol. The van der Waals surface area contributed by atoms with Crippen LogP contribution in [0, 0.1) is 5.92 Å². The van der Waals surface area contributed by atoms with Crippen molar-refractivity contribution >= 4 is 12.0 Å². The second kappa shape index (κ2) is 5.33. The molecule has 0 bridgehead atoms. The van der Waals surface area contributed by atoms with Gasteiger partial charge in [0.25, 0.3) is 0 Å². The Morgan fingerprint density at radius 2 is 1.94 bits per heavy atom. The van der Waals surface area contributed by atoms with E-state index in [0.29, 0.717) is 39.4 Å². The molecule has 0 saturated carbocycles. The van der Waals surface area contributed by atoms with Gasteiger partial charge in [-0.15, -0.1) is 0 Å². The molecule has 2 saturated heterocycles. The van der Waals surface area contributed by atoms with Crippen LogP contribution >= 0.6 is 0 Å². The maximum Gasteiger partial charge on any atom is 0.331 e. The molecule has 0 atom stereocenters. The SMILES string of the molecule is O=C(O)CC1CN(C(=O)NN2CCOCC2)C1. The summed E-state index contributed by atoms with van der Waals surface area (Å²) in [5.41, 5.74) is 2.79. The van der Waals surface area contributed by atoms with Crippen molar-refractivity contribution in [3.8, 4) is 0 Å². The third-order valence-corrected chi connectivity index (χ3v) is 2.97. The fraction of sp³-hybridized carbons (Fsp3) is 0.800. The minimum atomic E-state index is -0.803. The monoisotopic (exact) mass is 243 g/mol. The molecule has 2 N–H and O–H groups in total. The number of carboxylic acids is 1. The summed E-state index contributed by atoms with van der Waals surface area (Å²) in [4.78, 5) is 23.8. The Morgan fingerprint density at radius 1 is 1.29 bits per heavy atom. The van der Waals surface area contributed by atoms with Gasteiger partial charge in [0.15, 0.2) is 0 Å². The molecule has 0 aliphatic carbocycles. The lowest BCUT2D eigenvalue weighted by Crippen LogP contribution is -2.59. The Labute approximate surface area is 99.3 Å². The summed E-state index contributed by atoms with van der Waals surface area (Å²) in [7, 11) is 0. The molecule has 0 aromatic rings. The highest BCUT2D eigenvalue weighted by Gasteiger charge is 2.32. The Balaban J connectivity index is 1.66. The van der Waals surface area contributed by atoms with Crippen molar-refractivity contribution in [3.05, 3.63) is 0 Å². The molecule has 17 heavy (non-hydrogen) atoms. The molecular formula is C10H17N3O4. The normalized spacial score (nSPS) is 22.0. The number of morpholine rings is 1. The van der Waals surface area contributed by atoms with Crippen LogP contribution in [0.5, 0.6) is 0 Å². The van der Waals surface area contributed by atoms with Gasteiger partial charge in [0.1, 0.15) is 0 Å². The van der Waals surface area contributed by atoms with Gasteiger partial charge in [0.2, 0.25) is 0 Å². The number of ether oxygens (including phenoxy) is 1. The number of carbonyl (C=O) groups is 2. The van der Waals surface area contributed by atoms with Crippen LogP contribution in [0.4, 0.5) is 4.79 Å². The summed E-state index contributed by atoms with van der Waals surface area (Å²) < 4.78 is 5.17. The molecular weight excluding hydrogens is 226 g/mol. The van der Waals surface area contributed by atoms with E-state index in [0.717, 1.165) is 0 Å². The van der Waals surface area contributed by atoms with Gasteiger partial charge in [-0.05, 0) is 0 Å². The van der Waals surface area contributed by atoms with Crippen molar-refractivity contribution in [1.82, 2.24) is 15.3 Å². The molecule has 0 radical (unpaired) electrons. The zero-order valence-corrected chi connectivity index (χ0v) is 9.59. The van der Waals surface area contributed by atoms with Crippen LogP contribution in [0.1, 0.15) is 6.42 Å². The summed E-state index contributed by atoms with van der Waals surface area (Å²) >= 11 is 0. The number of rotatable bonds is 3. The predicted molar refractivity (Wildman–Crippen MR) is 58.2 cm³/mol. The lowest BCUT2D eigenvalue weighted by atomic mass is 9.97. The van der Waals surface area contributed by atoms with Gasteiger partial charge < -0.3 is 14.7 Å². The van der Waals surface area contributed by atoms with Crippen LogP contribution in [0.2, 0.25) is 0 Å². The molecule has 2 heterocycles. The van der Waals surface area contributed by atoms with E-state index in [1.807, 2.05) is 5.01 Å². The van der Waals surface area contributed by atoms with E-state index < -0.39 is 5.97 Å². The van der Waals surface area contributed by atoms with E-state index in [9.17, 15) is 9.59 Å². The van der Waals surface area contributed by atoms with Crippen LogP contribution in [0.25, 0.3) is 0 Å². The van der Waals surface area contributed by atoms with Crippen molar-refractivity contribution in [2.75, 3.05) is 39.4 Å². The molecule has 2 amide bonds. The topological polar surface area (TPSA) is 82.1 Å². The molecule has 7 heteroatoms. The van der Waals surface area contributed by atoms with Gasteiger partial charge in [-0.25, -0.2) is 9.80 Å². The minimum absolute atomic E-state index is 0.0999. The summed E-state index contributed by atoms with van der Waals surface area (Å²) in [6, 6.07) is -0.145. The number of hydrazine groups is 1. The number of nitrogens with one attached hydrogen (secondary N) is 1. The highest BCUT2D eigenvalue weighted by atomic mass is 16.5. The smallest absolute Gasteiger partial charge is 0.331 e. The van der Waals surface area contributed by atoms with E-state index in [-0.39, 0.29) is 18.4 Å². The fourth-order valence-corrected chi connectivity index (χ4v) is 1.99. The van der Waals surface area contributed by atoms with Crippen LogP contribution < -0.4 is 5.43 Å². The number of carboxylic acid groups (broad SMARTS) is 1. The molecule has 0 aromatic carbocycles. The van der Waals surface area contributed by atoms with Gasteiger partial charge >= 0.3 is 12.0 Å². The Kier molecular flexibility index (Phi) is 3.80. The Hall–Kier alpha value is -1.34. The summed E-state index contributed by atoms with van der Waals surface area (Å²) in [6.07, 6.45) is 0.140. The average Bonchev–Trinajstić information content (AvgIpc) is 2.23. The predicted octanol–water partition coefficient (Wildman–Crippen LogP) is -0.650. The van der Waals surface area contributed by atoms with Crippen molar-refractivity contribution in [2.45, 2.75) is 6.42 Å². The standard InChI is InChI=1S/C10H17N3O4/c14-9(15)5-8-6-12(7-8)10(16)11-13-1-3-17-4-2-13/h8H,1-7H2,(H,11,16)(H,14,15). The summed E-state index contributed by atoms with van der Waals surface area (Å²) in [6.45, 7) is 3.70. The quantitative estimate of drug-likeness (QED) is 0.688. The molecule has 7 nitrogen and oxygen atoms in total. The number of likely N-dealkylation sites (tertiary alicyclic amines) is 1. The molecule has 0 unspecified atom stereocenters. The fourth-order valence-electron chi connectivity index (χ4n) is 1.99. The van der Waals surface area contributed by atoms with Crippen LogP contribution in [-0.4, -0.2) is 66.4 Å². The van der Waals surface area contributed by atoms with Crippen LogP contribution in [0.15, 0.2) is 0 Å². The van der Waals surface area contributed by atoms with Gasteiger partial charge in [-0.2, -0.15) is 0 Å². The Morgan fingerprint density at radius 3 is 2.53 bits per heavy atom. The first kappa shape index (κ1) is 12.1. The summed E-state index contributed by atoms with van der Waals surface area (Å²) in [5, 5.41) is 10.4. The molecule has 96 valence electrons. The highest BCUT2D eigenvalue weighted by molar-refractivity contribution is 5.75. The molecule has 0 spiro atoms. The lowest BCUT2D eigenvalue weighted by Gasteiger charge is -2.40. The van der Waals surface area contributed by atoms with E-state index in [4.69, 9.17) is 9.84 Å². The van der Waals surface area contributed by atoms with Gasteiger partial charge in [0, 0.05) is 32.1 Å². The van der Waals surface area contributed by atoms with Gasteiger partial charge in [-0.3, -0.25) is 10.2 Å². The largest absolute Gasteiger partial charge is 0.481 e. The zero-order chi connectivity index (χ0) is 12.3. The number of nitrogens with zero attached hydrogens (tertiary/aromatic N) is 2. The number of urea groups is 1. The summed E-state index contributed by atoms with van der Waals surface area (Å²) in [5.74, 6) is -0.703. The number of carbonyl (C=O) groups excluding carboxylic acids is 1. The van der Waals surface area contributed by atoms with E-state index >= 15 is 0 Å². The molecule has 2 aliphatic rings. The first-order chi connectivity index (χ1) is 8.15. The van der Waals surface area contributed by atoms with E-state index in [2.05, 4.69) is 5.43 Å². The first-order valence-corrected chi connectivity index (χ1v) is 5.75. The van der Waals surface area contributed by atoms with Crippen molar-refractivity contribution in [1.29, 1.82) is 0 Å². The van der Waals surface area contributed by atoms with Crippen molar-refractivity contribution in [3.63, 3.8) is 0 Å². The number of amides is 2. The molecule has 2 aliphatic heterocycles. The molecule has 2 fully saturated rings. The van der Waals surface area contributed by atoms with Crippen molar-refractivity contribution < 1.29 is 19.4 Å². The van der Waals surface area contributed by atoms with Crippen molar-refractivity contribution in [2.24, 2.45) is 5.92 Å². The van der Waals surface area contributed by atoms with Crippen LogP contribution in [0.3, 0.4) is 0 Å². The molecule has 0 aromatic heterocycles.